The first-order chi connectivity index (χ1) is 8.54. The molecular formula is C15H25N2O+. The van der Waals surface area contributed by atoms with E-state index in [0.29, 0.717) is 0 Å². The van der Waals surface area contributed by atoms with Gasteiger partial charge in [-0.05, 0) is 37.1 Å². The second kappa shape index (κ2) is 5.61. The summed E-state index contributed by atoms with van der Waals surface area (Å²) in [5, 5.41) is 0. The van der Waals surface area contributed by atoms with E-state index < -0.39 is 0 Å². The molecule has 0 atom stereocenters. The fourth-order valence-electron chi connectivity index (χ4n) is 2.17. The summed E-state index contributed by atoms with van der Waals surface area (Å²) < 4.78 is 6.70. The number of ether oxygens (including phenoxy) is 1. The van der Waals surface area contributed by atoms with Gasteiger partial charge in [0.25, 0.3) is 0 Å². The third-order valence-corrected chi connectivity index (χ3v) is 3.34. The first-order valence-corrected chi connectivity index (χ1v) is 6.83. The minimum absolute atomic E-state index is 0.770. The maximum absolute atomic E-state index is 5.77. The molecule has 1 fully saturated rings. The second-order valence-electron chi connectivity index (χ2n) is 6.05. The van der Waals surface area contributed by atoms with Crippen LogP contribution in [-0.4, -0.2) is 51.9 Å². The van der Waals surface area contributed by atoms with Crippen molar-refractivity contribution in [3.05, 3.63) is 24.3 Å². The lowest BCUT2D eigenvalue weighted by atomic mass is 10.3. The Kier molecular flexibility index (Phi) is 4.12. The predicted molar refractivity (Wildman–Crippen MR) is 76.3 cm³/mol. The highest BCUT2D eigenvalue weighted by Crippen LogP contribution is 2.22. The molecule has 0 aromatic heterocycles. The fraction of sp³-hybridized carbons (Fsp3) is 0.600. The number of quaternary nitrogens is 1. The quantitative estimate of drug-likeness (QED) is 0.743. The number of nitrogens with zero attached hydrogens (tertiary/aromatic N) is 2. The maximum atomic E-state index is 5.77. The number of hydrogen-bond donors (Lipinski definition) is 0. The van der Waals surface area contributed by atoms with Crippen LogP contribution in [0.25, 0.3) is 0 Å². The van der Waals surface area contributed by atoms with E-state index in [1.165, 1.54) is 31.6 Å². The zero-order valence-electron chi connectivity index (χ0n) is 11.9. The summed E-state index contributed by atoms with van der Waals surface area (Å²) in [7, 11) is 6.54. The van der Waals surface area contributed by atoms with E-state index in [-0.39, 0.29) is 0 Å². The van der Waals surface area contributed by atoms with Crippen LogP contribution in [0, 0.1) is 0 Å². The van der Waals surface area contributed by atoms with E-state index >= 15 is 0 Å². The van der Waals surface area contributed by atoms with Crippen LogP contribution < -0.4 is 9.64 Å². The van der Waals surface area contributed by atoms with Crippen molar-refractivity contribution in [1.29, 1.82) is 0 Å². The molecule has 1 heterocycles. The maximum Gasteiger partial charge on any atom is 0.137 e. The van der Waals surface area contributed by atoms with Gasteiger partial charge < -0.3 is 14.1 Å². The van der Waals surface area contributed by atoms with E-state index in [1.54, 1.807) is 0 Å². The van der Waals surface area contributed by atoms with E-state index in [4.69, 9.17) is 4.74 Å². The molecule has 0 amide bonds. The number of likely N-dealkylation sites (N-methyl/N-ethyl adjacent to an activating group) is 1. The molecule has 1 aromatic carbocycles. The van der Waals surface area contributed by atoms with Crippen molar-refractivity contribution in [2.75, 3.05) is 52.3 Å². The summed E-state index contributed by atoms with van der Waals surface area (Å²) >= 11 is 0. The summed E-state index contributed by atoms with van der Waals surface area (Å²) in [6, 6.07) is 8.52. The Balaban J connectivity index is 1.84. The zero-order chi connectivity index (χ0) is 13.0. The standard InChI is InChI=1S/C15H25N2O/c1-17(2,3)12-13-18-15-8-6-14(7-9-15)16-10-4-5-11-16/h6-9H,4-5,10-13H2,1-3H3/q+1. The molecule has 0 bridgehead atoms. The van der Waals surface area contributed by atoms with Crippen molar-refractivity contribution in [3.8, 4) is 5.75 Å². The van der Waals surface area contributed by atoms with Gasteiger partial charge in [0.05, 0.1) is 21.1 Å². The Hall–Kier alpha value is -1.22. The van der Waals surface area contributed by atoms with Crippen LogP contribution in [0.4, 0.5) is 5.69 Å². The molecule has 0 N–H and O–H groups in total. The van der Waals surface area contributed by atoms with Gasteiger partial charge in [-0.3, -0.25) is 0 Å². The van der Waals surface area contributed by atoms with Crippen LogP contribution in [0.1, 0.15) is 12.8 Å². The Labute approximate surface area is 111 Å². The Bertz CT molecular complexity index is 361. The summed E-state index contributed by atoms with van der Waals surface area (Å²) in [6.45, 7) is 4.18. The lowest BCUT2D eigenvalue weighted by molar-refractivity contribution is -0.870. The normalized spacial score (nSPS) is 16.1. The molecular weight excluding hydrogens is 224 g/mol. The largest absolute Gasteiger partial charge is 0.488 e. The second-order valence-corrected chi connectivity index (χ2v) is 6.05. The number of anilines is 1. The molecule has 0 aliphatic carbocycles. The van der Waals surface area contributed by atoms with Crippen LogP contribution in [0.5, 0.6) is 5.75 Å². The minimum atomic E-state index is 0.770. The molecule has 0 spiro atoms. The summed E-state index contributed by atoms with van der Waals surface area (Å²) in [6.07, 6.45) is 2.64. The number of benzene rings is 1. The molecule has 3 nitrogen and oxygen atoms in total. The van der Waals surface area contributed by atoms with Gasteiger partial charge in [0.15, 0.2) is 0 Å². The van der Waals surface area contributed by atoms with Gasteiger partial charge in [0.1, 0.15) is 18.9 Å². The topological polar surface area (TPSA) is 12.5 Å². The van der Waals surface area contributed by atoms with Gasteiger partial charge in [-0.2, -0.15) is 0 Å². The van der Waals surface area contributed by atoms with Crippen molar-refractivity contribution in [1.82, 2.24) is 0 Å². The smallest absolute Gasteiger partial charge is 0.137 e. The van der Waals surface area contributed by atoms with Crippen LogP contribution in [0.2, 0.25) is 0 Å². The molecule has 0 unspecified atom stereocenters. The van der Waals surface area contributed by atoms with Gasteiger partial charge in [0, 0.05) is 18.8 Å². The van der Waals surface area contributed by atoms with Gasteiger partial charge in [-0.1, -0.05) is 0 Å². The van der Waals surface area contributed by atoms with Crippen molar-refractivity contribution in [3.63, 3.8) is 0 Å². The lowest BCUT2D eigenvalue weighted by Gasteiger charge is -2.23. The van der Waals surface area contributed by atoms with Gasteiger partial charge >= 0.3 is 0 Å². The first kappa shape index (κ1) is 13.2. The highest BCUT2D eigenvalue weighted by Gasteiger charge is 2.12. The van der Waals surface area contributed by atoms with Gasteiger partial charge in [0.2, 0.25) is 0 Å². The van der Waals surface area contributed by atoms with Crippen molar-refractivity contribution in [2.24, 2.45) is 0 Å². The fourth-order valence-corrected chi connectivity index (χ4v) is 2.17. The monoisotopic (exact) mass is 249 g/mol. The lowest BCUT2D eigenvalue weighted by Crippen LogP contribution is -2.38. The Morgan fingerprint density at radius 1 is 1.06 bits per heavy atom. The molecule has 3 heteroatoms. The average Bonchev–Trinajstić information content (AvgIpc) is 2.82. The molecule has 0 radical (unpaired) electrons. The molecule has 18 heavy (non-hydrogen) atoms. The Morgan fingerprint density at radius 3 is 2.22 bits per heavy atom. The third-order valence-electron chi connectivity index (χ3n) is 3.34. The van der Waals surface area contributed by atoms with Crippen molar-refractivity contribution >= 4 is 5.69 Å². The molecule has 1 aliphatic rings. The van der Waals surface area contributed by atoms with E-state index in [2.05, 4.69) is 50.3 Å². The molecule has 1 aromatic rings. The summed E-state index contributed by atoms with van der Waals surface area (Å²) in [4.78, 5) is 2.44. The molecule has 0 saturated carbocycles. The summed E-state index contributed by atoms with van der Waals surface area (Å²) in [5.41, 5.74) is 1.33. The predicted octanol–water partition coefficient (Wildman–Crippen LogP) is 2.37. The van der Waals surface area contributed by atoms with Crippen LogP contribution in [0.15, 0.2) is 24.3 Å². The number of hydrogen-bond acceptors (Lipinski definition) is 2. The van der Waals surface area contributed by atoms with Gasteiger partial charge in [-0.25, -0.2) is 0 Å². The minimum Gasteiger partial charge on any atom is -0.488 e. The van der Waals surface area contributed by atoms with E-state index in [0.717, 1.165) is 23.4 Å². The molecule has 1 saturated heterocycles. The van der Waals surface area contributed by atoms with Crippen LogP contribution >= 0.6 is 0 Å². The molecule has 100 valence electrons. The average molecular weight is 249 g/mol. The Morgan fingerprint density at radius 2 is 1.67 bits per heavy atom. The highest BCUT2D eigenvalue weighted by molar-refractivity contribution is 5.49. The van der Waals surface area contributed by atoms with Crippen molar-refractivity contribution in [2.45, 2.75) is 12.8 Å². The molecule has 2 rings (SSSR count). The van der Waals surface area contributed by atoms with Crippen LogP contribution in [-0.2, 0) is 0 Å². The zero-order valence-corrected chi connectivity index (χ0v) is 11.9. The first-order valence-electron chi connectivity index (χ1n) is 6.83. The SMILES string of the molecule is C[N+](C)(C)CCOc1ccc(N2CCCC2)cc1. The highest BCUT2D eigenvalue weighted by atomic mass is 16.5. The molecule has 1 aliphatic heterocycles. The summed E-state index contributed by atoms with van der Waals surface area (Å²) in [5.74, 6) is 0.978. The van der Waals surface area contributed by atoms with Gasteiger partial charge in [-0.15, -0.1) is 0 Å². The number of rotatable bonds is 5. The van der Waals surface area contributed by atoms with Crippen molar-refractivity contribution < 1.29 is 9.22 Å². The van der Waals surface area contributed by atoms with E-state index in [9.17, 15) is 0 Å². The van der Waals surface area contributed by atoms with Crippen LogP contribution in [0.3, 0.4) is 0 Å². The third kappa shape index (κ3) is 3.91. The van der Waals surface area contributed by atoms with E-state index in [1.807, 2.05) is 0 Å².